The molecule has 3 rings (SSSR count). The highest BCUT2D eigenvalue weighted by Crippen LogP contribution is 2.22. The van der Waals surface area contributed by atoms with Crippen molar-refractivity contribution in [1.82, 2.24) is 5.32 Å². The summed E-state index contributed by atoms with van der Waals surface area (Å²) in [5.74, 6) is 0.294. The summed E-state index contributed by atoms with van der Waals surface area (Å²) < 4.78 is 34.1. The minimum Gasteiger partial charge on any atom is -0.481 e. The third-order valence-electron chi connectivity index (χ3n) is 4.84. The Kier molecular flexibility index (Phi) is 7.18. The molecule has 0 unspecified atom stereocenters. The lowest BCUT2D eigenvalue weighted by atomic mass is 9.95. The summed E-state index contributed by atoms with van der Waals surface area (Å²) in [5.41, 5.74) is 0.465. The van der Waals surface area contributed by atoms with E-state index in [2.05, 4.69) is 26.0 Å². The Morgan fingerprint density at radius 3 is 2.45 bits per heavy atom. The van der Waals surface area contributed by atoms with Crippen molar-refractivity contribution >= 4 is 37.5 Å². The standard InChI is InChI=1S/C21H25BrN2O4S/c1-15(21(25)23-17-7-3-2-4-8-17)28-19-10-12-20(13-11-19)29(26,27)24-18-9-5-6-16(22)14-18/h5-6,9-15,17,24H,2-4,7-8H2,1H3,(H,23,25)/t15-/m0/s1. The van der Waals surface area contributed by atoms with Crippen molar-refractivity contribution in [2.24, 2.45) is 0 Å². The predicted octanol–water partition coefficient (Wildman–Crippen LogP) is 4.47. The van der Waals surface area contributed by atoms with Crippen LogP contribution in [-0.4, -0.2) is 26.5 Å². The van der Waals surface area contributed by atoms with Crippen LogP contribution in [0.4, 0.5) is 5.69 Å². The molecule has 0 spiro atoms. The van der Waals surface area contributed by atoms with E-state index in [1.54, 1.807) is 37.3 Å². The number of sulfonamides is 1. The first-order valence-electron chi connectivity index (χ1n) is 9.69. The van der Waals surface area contributed by atoms with Gasteiger partial charge in [0.1, 0.15) is 5.75 Å². The topological polar surface area (TPSA) is 84.5 Å². The Morgan fingerprint density at radius 1 is 1.10 bits per heavy atom. The SMILES string of the molecule is C[C@H](Oc1ccc(S(=O)(=O)Nc2cccc(Br)c2)cc1)C(=O)NC1CCCCC1. The Labute approximate surface area is 180 Å². The van der Waals surface area contributed by atoms with Crippen LogP contribution >= 0.6 is 15.9 Å². The number of hydrogen-bond acceptors (Lipinski definition) is 4. The van der Waals surface area contributed by atoms with Gasteiger partial charge in [0.15, 0.2) is 6.10 Å². The molecule has 1 aliphatic carbocycles. The van der Waals surface area contributed by atoms with Gasteiger partial charge in [-0.1, -0.05) is 41.3 Å². The normalized spacial score (nSPS) is 16.1. The quantitative estimate of drug-likeness (QED) is 0.612. The summed E-state index contributed by atoms with van der Waals surface area (Å²) in [6, 6.07) is 13.2. The Bertz CT molecular complexity index is 941. The van der Waals surface area contributed by atoms with E-state index in [1.807, 2.05) is 6.07 Å². The first-order chi connectivity index (χ1) is 13.8. The van der Waals surface area contributed by atoms with Crippen molar-refractivity contribution in [3.8, 4) is 5.75 Å². The third kappa shape index (κ3) is 6.21. The second-order valence-corrected chi connectivity index (χ2v) is 9.79. The summed E-state index contributed by atoms with van der Waals surface area (Å²) in [6.45, 7) is 1.69. The lowest BCUT2D eigenvalue weighted by molar-refractivity contribution is -0.128. The Morgan fingerprint density at radius 2 is 1.79 bits per heavy atom. The van der Waals surface area contributed by atoms with Gasteiger partial charge in [-0.3, -0.25) is 9.52 Å². The van der Waals surface area contributed by atoms with E-state index in [-0.39, 0.29) is 16.8 Å². The molecule has 29 heavy (non-hydrogen) atoms. The monoisotopic (exact) mass is 480 g/mol. The molecule has 1 atom stereocenters. The molecular formula is C21H25BrN2O4S. The van der Waals surface area contributed by atoms with Crippen molar-refractivity contribution < 1.29 is 17.9 Å². The predicted molar refractivity (Wildman–Crippen MR) is 116 cm³/mol. The average Bonchev–Trinajstić information content (AvgIpc) is 2.69. The average molecular weight is 481 g/mol. The van der Waals surface area contributed by atoms with Gasteiger partial charge in [-0.15, -0.1) is 0 Å². The van der Waals surface area contributed by atoms with Gasteiger partial charge in [0.2, 0.25) is 0 Å². The van der Waals surface area contributed by atoms with Crippen molar-refractivity contribution in [3.63, 3.8) is 0 Å². The van der Waals surface area contributed by atoms with Crippen molar-refractivity contribution in [1.29, 1.82) is 0 Å². The number of ether oxygens (including phenoxy) is 1. The number of hydrogen-bond donors (Lipinski definition) is 2. The van der Waals surface area contributed by atoms with Gasteiger partial charge in [0, 0.05) is 16.2 Å². The highest BCUT2D eigenvalue weighted by atomic mass is 79.9. The molecular weight excluding hydrogens is 456 g/mol. The largest absolute Gasteiger partial charge is 0.481 e. The summed E-state index contributed by atoms with van der Waals surface area (Å²) in [4.78, 5) is 12.4. The smallest absolute Gasteiger partial charge is 0.261 e. The van der Waals surface area contributed by atoms with Crippen LogP contribution in [0.25, 0.3) is 0 Å². The molecule has 2 aromatic carbocycles. The molecule has 0 aliphatic heterocycles. The Balaban J connectivity index is 1.59. The molecule has 2 aromatic rings. The van der Waals surface area contributed by atoms with Crippen LogP contribution in [-0.2, 0) is 14.8 Å². The van der Waals surface area contributed by atoms with E-state index < -0.39 is 16.1 Å². The number of benzene rings is 2. The van der Waals surface area contributed by atoms with E-state index in [0.717, 1.165) is 30.2 Å². The van der Waals surface area contributed by atoms with Gasteiger partial charge in [-0.05, 0) is 62.2 Å². The van der Waals surface area contributed by atoms with E-state index >= 15 is 0 Å². The lowest BCUT2D eigenvalue weighted by Gasteiger charge is -2.24. The number of amides is 1. The second-order valence-electron chi connectivity index (χ2n) is 7.19. The maximum Gasteiger partial charge on any atom is 0.261 e. The molecule has 1 aliphatic rings. The zero-order valence-electron chi connectivity index (χ0n) is 16.2. The number of rotatable bonds is 7. The first-order valence-corrected chi connectivity index (χ1v) is 12.0. The maximum atomic E-state index is 12.5. The van der Waals surface area contributed by atoms with Gasteiger partial charge in [-0.2, -0.15) is 0 Å². The summed E-state index contributed by atoms with van der Waals surface area (Å²) >= 11 is 3.32. The zero-order valence-corrected chi connectivity index (χ0v) is 18.6. The number of carbonyl (C=O) groups excluding carboxylic acids is 1. The third-order valence-corrected chi connectivity index (χ3v) is 6.73. The van der Waals surface area contributed by atoms with Crippen LogP contribution < -0.4 is 14.8 Å². The van der Waals surface area contributed by atoms with Crippen LogP contribution in [0, 0.1) is 0 Å². The van der Waals surface area contributed by atoms with Gasteiger partial charge in [0.25, 0.3) is 15.9 Å². The van der Waals surface area contributed by atoms with Crippen molar-refractivity contribution in [3.05, 3.63) is 53.0 Å². The van der Waals surface area contributed by atoms with Crippen molar-refractivity contribution in [2.45, 2.75) is 56.1 Å². The van der Waals surface area contributed by atoms with Crippen LogP contribution in [0.1, 0.15) is 39.0 Å². The zero-order chi connectivity index (χ0) is 20.9. The fraction of sp³-hybridized carbons (Fsp3) is 0.381. The number of nitrogens with one attached hydrogen (secondary N) is 2. The van der Waals surface area contributed by atoms with E-state index in [1.165, 1.54) is 18.6 Å². The number of carbonyl (C=O) groups is 1. The molecule has 0 aromatic heterocycles. The highest BCUT2D eigenvalue weighted by Gasteiger charge is 2.21. The van der Waals surface area contributed by atoms with Crippen LogP contribution in [0.15, 0.2) is 57.9 Å². The lowest BCUT2D eigenvalue weighted by Crippen LogP contribution is -2.43. The molecule has 1 amide bonds. The molecule has 6 nitrogen and oxygen atoms in total. The minimum atomic E-state index is -3.72. The second kappa shape index (κ2) is 9.63. The van der Waals surface area contributed by atoms with Crippen LogP contribution in [0.2, 0.25) is 0 Å². The summed E-state index contributed by atoms with van der Waals surface area (Å²) in [7, 11) is -3.72. The van der Waals surface area contributed by atoms with Gasteiger partial charge < -0.3 is 10.1 Å². The first kappa shape index (κ1) is 21.6. The van der Waals surface area contributed by atoms with E-state index in [9.17, 15) is 13.2 Å². The van der Waals surface area contributed by atoms with Crippen molar-refractivity contribution in [2.75, 3.05) is 4.72 Å². The van der Waals surface area contributed by atoms with Gasteiger partial charge in [-0.25, -0.2) is 8.42 Å². The van der Waals surface area contributed by atoms with E-state index in [0.29, 0.717) is 11.4 Å². The summed E-state index contributed by atoms with van der Waals surface area (Å²) in [5, 5.41) is 3.03. The molecule has 0 saturated heterocycles. The van der Waals surface area contributed by atoms with Crippen LogP contribution in [0.5, 0.6) is 5.75 Å². The molecule has 1 saturated carbocycles. The number of halogens is 1. The molecule has 156 valence electrons. The molecule has 1 fully saturated rings. The van der Waals surface area contributed by atoms with Gasteiger partial charge >= 0.3 is 0 Å². The highest BCUT2D eigenvalue weighted by molar-refractivity contribution is 9.10. The van der Waals surface area contributed by atoms with E-state index in [4.69, 9.17) is 4.74 Å². The molecule has 0 radical (unpaired) electrons. The summed E-state index contributed by atoms with van der Waals surface area (Å²) in [6.07, 6.45) is 4.88. The van der Waals surface area contributed by atoms with Gasteiger partial charge in [0.05, 0.1) is 4.90 Å². The molecule has 8 heteroatoms. The molecule has 0 heterocycles. The number of anilines is 1. The van der Waals surface area contributed by atoms with Crippen LogP contribution in [0.3, 0.4) is 0 Å². The Hall–Kier alpha value is -2.06. The fourth-order valence-electron chi connectivity index (χ4n) is 3.29. The minimum absolute atomic E-state index is 0.115. The molecule has 0 bridgehead atoms. The fourth-order valence-corrected chi connectivity index (χ4v) is 4.74. The maximum absolute atomic E-state index is 12.5. The molecule has 2 N–H and O–H groups in total.